The van der Waals surface area contributed by atoms with Gasteiger partial charge in [0.05, 0.1) is 0 Å². The van der Waals surface area contributed by atoms with Crippen molar-refractivity contribution in [2.45, 2.75) is 45.1 Å². The van der Waals surface area contributed by atoms with Gasteiger partial charge >= 0.3 is 0 Å². The van der Waals surface area contributed by atoms with E-state index < -0.39 is 6.04 Å². The van der Waals surface area contributed by atoms with E-state index in [0.717, 1.165) is 17.5 Å². The van der Waals surface area contributed by atoms with E-state index >= 15 is 0 Å². The van der Waals surface area contributed by atoms with Gasteiger partial charge in [0.1, 0.15) is 6.04 Å². The molecule has 1 aliphatic rings. The van der Waals surface area contributed by atoms with Crippen LogP contribution in [0.1, 0.15) is 47.2 Å². The lowest BCUT2D eigenvalue weighted by atomic mass is 9.88. The molecule has 1 fully saturated rings. The molecule has 0 unspecified atom stereocenters. The Balaban J connectivity index is 1.59. The molecule has 1 aliphatic heterocycles. The third-order valence-corrected chi connectivity index (χ3v) is 6.62. The largest absolute Gasteiger partial charge is 0.385 e. The van der Waals surface area contributed by atoms with E-state index in [-0.39, 0.29) is 23.6 Å². The van der Waals surface area contributed by atoms with E-state index in [1.54, 1.807) is 13.2 Å². The van der Waals surface area contributed by atoms with Crippen LogP contribution in [-0.4, -0.2) is 62.0 Å². The number of aryl methyl sites for hydroxylation is 2. The van der Waals surface area contributed by atoms with Gasteiger partial charge in [-0.05, 0) is 55.7 Å². The van der Waals surface area contributed by atoms with Crippen LogP contribution < -0.4 is 10.6 Å². The highest BCUT2D eigenvalue weighted by atomic mass is 16.5. The fourth-order valence-electron chi connectivity index (χ4n) is 4.52. The van der Waals surface area contributed by atoms with Crippen molar-refractivity contribution >= 4 is 17.7 Å². The lowest BCUT2D eigenvalue weighted by molar-refractivity contribution is -0.133. The van der Waals surface area contributed by atoms with Gasteiger partial charge in [-0.1, -0.05) is 48.5 Å². The average molecular weight is 480 g/mol. The van der Waals surface area contributed by atoms with Crippen molar-refractivity contribution in [3.05, 3.63) is 71.3 Å². The summed E-state index contributed by atoms with van der Waals surface area (Å²) in [6.45, 7) is 4.11. The Morgan fingerprint density at radius 2 is 1.71 bits per heavy atom. The summed E-state index contributed by atoms with van der Waals surface area (Å²) in [5.74, 6) is -0.334. The second-order valence-corrected chi connectivity index (χ2v) is 9.11. The Morgan fingerprint density at radius 3 is 2.40 bits per heavy atom. The van der Waals surface area contributed by atoms with Crippen LogP contribution in [0.15, 0.2) is 54.6 Å². The molecule has 7 nitrogen and oxygen atoms in total. The minimum atomic E-state index is -0.647. The summed E-state index contributed by atoms with van der Waals surface area (Å²) in [7, 11) is 1.63. The average Bonchev–Trinajstić information content (AvgIpc) is 2.89. The number of piperidine rings is 1. The van der Waals surface area contributed by atoms with Gasteiger partial charge in [-0.15, -0.1) is 0 Å². The Hall–Kier alpha value is -3.19. The van der Waals surface area contributed by atoms with E-state index in [9.17, 15) is 14.4 Å². The van der Waals surface area contributed by atoms with Crippen molar-refractivity contribution in [2.24, 2.45) is 5.92 Å². The molecule has 2 N–H and O–H groups in total. The number of rotatable bonds is 11. The second kappa shape index (κ2) is 13.6. The molecule has 1 heterocycles. The monoisotopic (exact) mass is 479 g/mol. The highest BCUT2D eigenvalue weighted by Crippen LogP contribution is 2.23. The first-order valence-electron chi connectivity index (χ1n) is 12.4. The zero-order valence-electron chi connectivity index (χ0n) is 20.8. The molecule has 3 amide bonds. The van der Waals surface area contributed by atoms with Gasteiger partial charge < -0.3 is 20.3 Å². The normalized spacial score (nSPS) is 14.9. The number of amides is 3. The lowest BCUT2D eigenvalue weighted by Crippen LogP contribution is -2.54. The Morgan fingerprint density at radius 1 is 1.03 bits per heavy atom. The van der Waals surface area contributed by atoms with Crippen LogP contribution in [0.2, 0.25) is 0 Å². The van der Waals surface area contributed by atoms with Gasteiger partial charge in [-0.2, -0.15) is 0 Å². The van der Waals surface area contributed by atoms with Gasteiger partial charge in [0.15, 0.2) is 0 Å². The van der Waals surface area contributed by atoms with Gasteiger partial charge in [-0.3, -0.25) is 14.4 Å². The van der Waals surface area contributed by atoms with Crippen LogP contribution in [-0.2, 0) is 20.7 Å². The Labute approximate surface area is 208 Å². The molecule has 1 saturated heterocycles. The van der Waals surface area contributed by atoms with Crippen molar-refractivity contribution in [3.8, 4) is 0 Å². The number of nitrogens with one attached hydrogen (secondary N) is 2. The van der Waals surface area contributed by atoms with Crippen molar-refractivity contribution in [2.75, 3.05) is 33.4 Å². The number of hydrogen-bond donors (Lipinski definition) is 2. The van der Waals surface area contributed by atoms with Gasteiger partial charge in [0.2, 0.25) is 11.8 Å². The summed E-state index contributed by atoms with van der Waals surface area (Å²) >= 11 is 0. The predicted molar refractivity (Wildman–Crippen MR) is 136 cm³/mol. The number of nitrogens with zero attached hydrogens (tertiary/aromatic N) is 1. The van der Waals surface area contributed by atoms with Crippen LogP contribution >= 0.6 is 0 Å². The molecule has 1 atom stereocenters. The molecule has 3 rings (SSSR count). The standard InChI is InChI=1S/C28H37N3O4/c1-21-9-6-7-12-24(21)27(33)30-26(28(34)29-17-8-20-35-2)23-15-18-31(19-16-23)25(32)14-13-22-10-4-3-5-11-22/h3-7,9-12,23,26H,8,13-20H2,1-2H3,(H,29,34)(H,30,33)/t26-/m1/s1. The second-order valence-electron chi connectivity index (χ2n) is 9.11. The summed E-state index contributed by atoms with van der Waals surface area (Å²) < 4.78 is 5.06. The first-order chi connectivity index (χ1) is 17.0. The molecule has 35 heavy (non-hydrogen) atoms. The minimum absolute atomic E-state index is 0.0384. The summed E-state index contributed by atoms with van der Waals surface area (Å²) in [4.78, 5) is 40.7. The van der Waals surface area contributed by atoms with E-state index in [4.69, 9.17) is 4.74 Å². The highest BCUT2D eigenvalue weighted by molar-refractivity contribution is 5.98. The van der Waals surface area contributed by atoms with Crippen LogP contribution in [0.4, 0.5) is 0 Å². The van der Waals surface area contributed by atoms with E-state index in [0.29, 0.717) is 57.5 Å². The number of carbonyl (C=O) groups excluding carboxylic acids is 3. The SMILES string of the molecule is COCCCNC(=O)[C@H](NC(=O)c1ccccc1C)C1CCN(C(=O)CCc2ccccc2)CC1. The Kier molecular flexibility index (Phi) is 10.3. The zero-order chi connectivity index (χ0) is 25.0. The minimum Gasteiger partial charge on any atom is -0.385 e. The zero-order valence-corrected chi connectivity index (χ0v) is 20.8. The van der Waals surface area contributed by atoms with Crippen molar-refractivity contribution in [1.82, 2.24) is 15.5 Å². The number of likely N-dealkylation sites (tertiary alicyclic amines) is 1. The number of hydrogen-bond acceptors (Lipinski definition) is 4. The molecular formula is C28H37N3O4. The summed E-state index contributed by atoms with van der Waals surface area (Å²) in [5, 5.41) is 5.93. The van der Waals surface area contributed by atoms with Crippen LogP contribution in [0.25, 0.3) is 0 Å². The van der Waals surface area contributed by atoms with Gasteiger partial charge in [-0.25, -0.2) is 0 Å². The van der Waals surface area contributed by atoms with Crippen LogP contribution in [0.3, 0.4) is 0 Å². The topological polar surface area (TPSA) is 87.7 Å². The van der Waals surface area contributed by atoms with Crippen LogP contribution in [0, 0.1) is 12.8 Å². The van der Waals surface area contributed by atoms with Crippen LogP contribution in [0.5, 0.6) is 0 Å². The molecule has 0 bridgehead atoms. The van der Waals surface area contributed by atoms with Gasteiger partial charge in [0.25, 0.3) is 5.91 Å². The molecule has 0 aromatic heterocycles. The number of benzene rings is 2. The molecule has 188 valence electrons. The van der Waals surface area contributed by atoms with Crippen molar-refractivity contribution in [3.63, 3.8) is 0 Å². The molecule has 7 heteroatoms. The highest BCUT2D eigenvalue weighted by Gasteiger charge is 2.34. The maximum absolute atomic E-state index is 13.1. The fourth-order valence-corrected chi connectivity index (χ4v) is 4.52. The Bertz CT molecular complexity index is 971. The smallest absolute Gasteiger partial charge is 0.252 e. The first kappa shape index (κ1) is 26.4. The summed E-state index contributed by atoms with van der Waals surface area (Å²) in [6.07, 6.45) is 3.23. The summed E-state index contributed by atoms with van der Waals surface area (Å²) in [5.41, 5.74) is 2.58. The van der Waals surface area contributed by atoms with Crippen molar-refractivity contribution < 1.29 is 19.1 Å². The van der Waals surface area contributed by atoms with E-state index in [2.05, 4.69) is 10.6 Å². The number of methoxy groups -OCH3 is 1. The maximum atomic E-state index is 13.1. The molecule has 0 radical (unpaired) electrons. The van der Waals surface area contributed by atoms with Crippen molar-refractivity contribution in [1.29, 1.82) is 0 Å². The molecular weight excluding hydrogens is 442 g/mol. The molecule has 0 spiro atoms. The van der Waals surface area contributed by atoms with E-state index in [1.165, 1.54) is 0 Å². The predicted octanol–water partition coefficient (Wildman–Crippen LogP) is 3.12. The van der Waals surface area contributed by atoms with E-state index in [1.807, 2.05) is 60.4 Å². The maximum Gasteiger partial charge on any atom is 0.252 e. The van der Waals surface area contributed by atoms with Gasteiger partial charge in [0, 0.05) is 45.3 Å². The third kappa shape index (κ3) is 7.92. The molecule has 0 saturated carbocycles. The summed E-state index contributed by atoms with van der Waals surface area (Å²) in [6, 6.07) is 16.7. The molecule has 2 aromatic rings. The lowest BCUT2D eigenvalue weighted by Gasteiger charge is -2.36. The number of carbonyl (C=O) groups is 3. The number of ether oxygens (including phenoxy) is 1. The molecule has 2 aromatic carbocycles. The fraction of sp³-hybridized carbons (Fsp3) is 0.464. The first-order valence-corrected chi connectivity index (χ1v) is 12.4. The third-order valence-electron chi connectivity index (χ3n) is 6.62. The quantitative estimate of drug-likeness (QED) is 0.485. The molecule has 0 aliphatic carbocycles.